The van der Waals surface area contributed by atoms with E-state index in [2.05, 4.69) is 15.1 Å². The van der Waals surface area contributed by atoms with Crippen LogP contribution in [0, 0.1) is 5.92 Å². The SMILES string of the molecule is C1CCC2(CC1)CN(C1CN3CCC1CC3)CCCN2. The van der Waals surface area contributed by atoms with Crippen LogP contribution in [0.1, 0.15) is 51.4 Å². The van der Waals surface area contributed by atoms with E-state index >= 15 is 0 Å². The number of fused-ring (bicyclic) bond motifs is 3. The highest BCUT2D eigenvalue weighted by Gasteiger charge is 2.42. The molecule has 0 aromatic heterocycles. The minimum atomic E-state index is 0.473. The number of nitrogens with zero attached hydrogens (tertiary/aromatic N) is 2. The van der Waals surface area contributed by atoms with Crippen molar-refractivity contribution >= 4 is 0 Å². The van der Waals surface area contributed by atoms with Gasteiger partial charge in [-0.05, 0) is 64.2 Å². The predicted octanol–water partition coefficient (Wildman–Crippen LogP) is 2.08. The molecule has 0 amide bonds. The van der Waals surface area contributed by atoms with Gasteiger partial charge in [-0.15, -0.1) is 0 Å². The molecule has 0 aromatic carbocycles. The zero-order valence-electron chi connectivity index (χ0n) is 12.9. The number of piperidine rings is 3. The van der Waals surface area contributed by atoms with E-state index < -0.39 is 0 Å². The van der Waals surface area contributed by atoms with Gasteiger partial charge < -0.3 is 10.2 Å². The Labute approximate surface area is 124 Å². The van der Waals surface area contributed by atoms with Gasteiger partial charge in [0.2, 0.25) is 0 Å². The topological polar surface area (TPSA) is 18.5 Å². The molecule has 5 fully saturated rings. The van der Waals surface area contributed by atoms with Crippen LogP contribution in [0.25, 0.3) is 0 Å². The molecule has 1 saturated carbocycles. The van der Waals surface area contributed by atoms with Crippen LogP contribution < -0.4 is 5.32 Å². The van der Waals surface area contributed by atoms with Crippen molar-refractivity contribution in [2.24, 2.45) is 5.92 Å². The lowest BCUT2D eigenvalue weighted by Gasteiger charge is -2.51. The molecule has 114 valence electrons. The Morgan fingerprint density at radius 3 is 2.40 bits per heavy atom. The van der Waals surface area contributed by atoms with E-state index in [1.165, 1.54) is 90.6 Å². The first kappa shape index (κ1) is 13.5. The average Bonchev–Trinajstić information content (AvgIpc) is 2.72. The zero-order chi connectivity index (χ0) is 13.4. The summed E-state index contributed by atoms with van der Waals surface area (Å²) in [5.74, 6) is 0.999. The maximum absolute atomic E-state index is 3.95. The van der Waals surface area contributed by atoms with Gasteiger partial charge in [-0.3, -0.25) is 4.90 Å². The smallest absolute Gasteiger partial charge is 0.0308 e. The minimum absolute atomic E-state index is 0.473. The Morgan fingerprint density at radius 2 is 1.70 bits per heavy atom. The first-order valence-corrected chi connectivity index (χ1v) is 9.06. The number of hydrogen-bond acceptors (Lipinski definition) is 3. The van der Waals surface area contributed by atoms with Crippen LogP contribution in [0.4, 0.5) is 0 Å². The van der Waals surface area contributed by atoms with Crippen LogP contribution in [0.3, 0.4) is 0 Å². The second-order valence-corrected chi connectivity index (χ2v) is 7.80. The van der Waals surface area contributed by atoms with E-state index in [4.69, 9.17) is 0 Å². The van der Waals surface area contributed by atoms with E-state index in [0.717, 1.165) is 12.0 Å². The summed E-state index contributed by atoms with van der Waals surface area (Å²) in [6.07, 6.45) is 11.5. The number of hydrogen-bond donors (Lipinski definition) is 1. The van der Waals surface area contributed by atoms with Crippen LogP contribution in [0.2, 0.25) is 0 Å². The third-order valence-corrected chi connectivity index (χ3v) is 6.53. The quantitative estimate of drug-likeness (QED) is 0.792. The molecule has 20 heavy (non-hydrogen) atoms. The normalized spacial score (nSPS) is 41.7. The second kappa shape index (κ2) is 5.58. The van der Waals surface area contributed by atoms with Gasteiger partial charge in [-0.25, -0.2) is 0 Å². The summed E-state index contributed by atoms with van der Waals surface area (Å²) in [5, 5.41) is 3.95. The van der Waals surface area contributed by atoms with E-state index in [1.807, 2.05) is 0 Å². The van der Waals surface area contributed by atoms with Crippen molar-refractivity contribution in [1.82, 2.24) is 15.1 Å². The summed E-state index contributed by atoms with van der Waals surface area (Å²) >= 11 is 0. The lowest BCUT2D eigenvalue weighted by molar-refractivity contribution is -0.00518. The zero-order valence-corrected chi connectivity index (χ0v) is 12.9. The molecule has 1 unspecified atom stereocenters. The van der Waals surface area contributed by atoms with E-state index in [0.29, 0.717) is 5.54 Å². The van der Waals surface area contributed by atoms with Crippen LogP contribution in [-0.2, 0) is 0 Å². The van der Waals surface area contributed by atoms with Gasteiger partial charge >= 0.3 is 0 Å². The first-order valence-electron chi connectivity index (χ1n) is 9.06. The molecule has 1 atom stereocenters. The first-order chi connectivity index (χ1) is 9.85. The highest BCUT2D eigenvalue weighted by atomic mass is 15.3. The predicted molar refractivity (Wildman–Crippen MR) is 83.0 cm³/mol. The van der Waals surface area contributed by atoms with Crippen molar-refractivity contribution in [1.29, 1.82) is 0 Å². The van der Waals surface area contributed by atoms with Crippen LogP contribution in [0.5, 0.6) is 0 Å². The molecule has 4 saturated heterocycles. The fourth-order valence-corrected chi connectivity index (χ4v) is 5.35. The minimum Gasteiger partial charge on any atom is -0.310 e. The van der Waals surface area contributed by atoms with Crippen LogP contribution >= 0.6 is 0 Å². The summed E-state index contributed by atoms with van der Waals surface area (Å²) in [4.78, 5) is 5.62. The molecule has 0 aromatic rings. The molecule has 1 aliphatic carbocycles. The van der Waals surface area contributed by atoms with Crippen molar-refractivity contribution in [3.8, 4) is 0 Å². The average molecular weight is 277 g/mol. The van der Waals surface area contributed by atoms with Crippen molar-refractivity contribution in [2.45, 2.75) is 62.9 Å². The van der Waals surface area contributed by atoms with E-state index in [1.54, 1.807) is 0 Å². The molecule has 2 bridgehead atoms. The van der Waals surface area contributed by atoms with Gasteiger partial charge in [0.1, 0.15) is 0 Å². The third-order valence-electron chi connectivity index (χ3n) is 6.53. The Hall–Kier alpha value is -0.120. The van der Waals surface area contributed by atoms with Gasteiger partial charge in [0.15, 0.2) is 0 Å². The summed E-state index contributed by atoms with van der Waals surface area (Å²) in [6.45, 7) is 8.03. The molecule has 3 nitrogen and oxygen atoms in total. The van der Waals surface area contributed by atoms with Gasteiger partial charge in [0.25, 0.3) is 0 Å². The van der Waals surface area contributed by atoms with Gasteiger partial charge in [0, 0.05) is 24.7 Å². The molecule has 5 aliphatic rings. The van der Waals surface area contributed by atoms with Crippen LogP contribution in [0.15, 0.2) is 0 Å². The summed E-state index contributed by atoms with van der Waals surface area (Å²) < 4.78 is 0. The summed E-state index contributed by atoms with van der Waals surface area (Å²) in [7, 11) is 0. The van der Waals surface area contributed by atoms with Gasteiger partial charge in [-0.2, -0.15) is 0 Å². The molecular weight excluding hydrogens is 246 g/mol. The van der Waals surface area contributed by atoms with Crippen molar-refractivity contribution in [3.05, 3.63) is 0 Å². The Kier molecular flexibility index (Phi) is 3.78. The molecule has 4 aliphatic heterocycles. The lowest BCUT2D eigenvalue weighted by Crippen LogP contribution is -2.61. The highest BCUT2D eigenvalue weighted by Crippen LogP contribution is 2.35. The van der Waals surface area contributed by atoms with Crippen molar-refractivity contribution in [2.75, 3.05) is 39.3 Å². The third kappa shape index (κ3) is 2.53. The largest absolute Gasteiger partial charge is 0.310 e. The highest BCUT2D eigenvalue weighted by molar-refractivity contribution is 5.00. The van der Waals surface area contributed by atoms with Gasteiger partial charge in [-0.1, -0.05) is 19.3 Å². The fourth-order valence-electron chi connectivity index (χ4n) is 5.35. The molecule has 3 heteroatoms. The van der Waals surface area contributed by atoms with E-state index in [9.17, 15) is 0 Å². The van der Waals surface area contributed by atoms with Crippen molar-refractivity contribution in [3.63, 3.8) is 0 Å². The Morgan fingerprint density at radius 1 is 0.900 bits per heavy atom. The summed E-state index contributed by atoms with van der Waals surface area (Å²) in [5.41, 5.74) is 0.473. The van der Waals surface area contributed by atoms with Crippen molar-refractivity contribution < 1.29 is 0 Å². The maximum atomic E-state index is 3.95. The maximum Gasteiger partial charge on any atom is 0.0308 e. The number of nitrogens with one attached hydrogen (secondary N) is 1. The Balaban J connectivity index is 1.49. The monoisotopic (exact) mass is 277 g/mol. The standard InChI is InChI=1S/C17H31N3/c1-2-7-17(8-3-1)14-20(10-4-9-18-17)16-13-19-11-5-15(16)6-12-19/h15-16,18H,1-14H2. The molecular formula is C17H31N3. The second-order valence-electron chi connectivity index (χ2n) is 7.80. The number of rotatable bonds is 1. The molecule has 5 rings (SSSR count). The molecule has 1 N–H and O–H groups in total. The Bertz CT molecular complexity index is 329. The fraction of sp³-hybridized carbons (Fsp3) is 1.00. The van der Waals surface area contributed by atoms with E-state index in [-0.39, 0.29) is 0 Å². The van der Waals surface area contributed by atoms with Gasteiger partial charge in [0.05, 0.1) is 0 Å². The van der Waals surface area contributed by atoms with Crippen LogP contribution in [-0.4, -0.2) is 60.6 Å². The molecule has 0 radical (unpaired) electrons. The molecule has 4 heterocycles. The summed E-state index contributed by atoms with van der Waals surface area (Å²) in [6, 6.07) is 0.871. The molecule has 1 spiro atoms. The lowest BCUT2D eigenvalue weighted by atomic mass is 9.79.